The van der Waals surface area contributed by atoms with E-state index in [1.165, 1.54) is 0 Å². The summed E-state index contributed by atoms with van der Waals surface area (Å²) < 4.78 is 7.70. The van der Waals surface area contributed by atoms with Crippen molar-refractivity contribution in [2.45, 2.75) is 13.5 Å². The molecule has 2 aromatic rings. The molecule has 2 rings (SSSR count). The smallest absolute Gasteiger partial charge is 0.191 e. The Morgan fingerprint density at radius 2 is 2.09 bits per heavy atom. The van der Waals surface area contributed by atoms with Crippen molar-refractivity contribution in [1.29, 1.82) is 0 Å². The van der Waals surface area contributed by atoms with Crippen molar-refractivity contribution >= 4 is 29.9 Å². The van der Waals surface area contributed by atoms with Gasteiger partial charge in [0.15, 0.2) is 5.96 Å². The molecule has 126 valence electrons. The second-order valence-electron chi connectivity index (χ2n) is 4.65. The van der Waals surface area contributed by atoms with Crippen molar-refractivity contribution < 1.29 is 4.74 Å². The molecule has 0 aliphatic carbocycles. The van der Waals surface area contributed by atoms with E-state index in [-0.39, 0.29) is 24.0 Å². The SMILES string of the molecule is CCNC(=NCCn1cccc1)NCCOc1cccnc1.I. The number of rotatable bonds is 8. The summed E-state index contributed by atoms with van der Waals surface area (Å²) >= 11 is 0. The monoisotopic (exact) mass is 429 g/mol. The summed E-state index contributed by atoms with van der Waals surface area (Å²) in [6.45, 7) is 5.73. The molecule has 0 aromatic carbocycles. The lowest BCUT2D eigenvalue weighted by atomic mass is 10.5. The summed E-state index contributed by atoms with van der Waals surface area (Å²) in [7, 11) is 0. The molecule has 0 atom stereocenters. The molecule has 2 N–H and O–H groups in total. The van der Waals surface area contributed by atoms with Crippen LogP contribution >= 0.6 is 24.0 Å². The lowest BCUT2D eigenvalue weighted by Gasteiger charge is -2.12. The van der Waals surface area contributed by atoms with E-state index in [4.69, 9.17) is 4.74 Å². The first kappa shape index (κ1) is 19.3. The van der Waals surface area contributed by atoms with E-state index >= 15 is 0 Å². The van der Waals surface area contributed by atoms with Crippen LogP contribution in [-0.4, -0.2) is 41.8 Å². The van der Waals surface area contributed by atoms with E-state index in [1.54, 1.807) is 12.4 Å². The Bertz CT molecular complexity index is 545. The van der Waals surface area contributed by atoms with E-state index in [0.717, 1.165) is 31.3 Å². The fourth-order valence-corrected chi connectivity index (χ4v) is 1.91. The first-order valence-electron chi connectivity index (χ1n) is 7.54. The number of hydrogen-bond donors (Lipinski definition) is 2. The van der Waals surface area contributed by atoms with Crippen molar-refractivity contribution in [1.82, 2.24) is 20.2 Å². The molecule has 0 fully saturated rings. The molecule has 0 radical (unpaired) electrons. The zero-order chi connectivity index (χ0) is 15.5. The maximum atomic E-state index is 5.59. The van der Waals surface area contributed by atoms with Gasteiger partial charge >= 0.3 is 0 Å². The average Bonchev–Trinajstić information content (AvgIpc) is 3.06. The van der Waals surface area contributed by atoms with Crippen molar-refractivity contribution in [3.8, 4) is 5.75 Å². The molecular weight excluding hydrogens is 405 g/mol. The molecule has 23 heavy (non-hydrogen) atoms. The van der Waals surface area contributed by atoms with E-state index in [9.17, 15) is 0 Å². The standard InChI is InChI=1S/C16H23N5O.HI/c1-2-18-16(19-8-12-21-10-3-4-11-21)20-9-13-22-15-6-5-7-17-14-15;/h3-7,10-11,14H,2,8-9,12-13H2,1H3,(H2,18,19,20);1H. The quantitative estimate of drug-likeness (QED) is 0.292. The van der Waals surface area contributed by atoms with Crippen molar-refractivity contribution in [3.05, 3.63) is 49.1 Å². The summed E-state index contributed by atoms with van der Waals surface area (Å²) in [5, 5.41) is 6.48. The van der Waals surface area contributed by atoms with Crippen LogP contribution in [0.1, 0.15) is 6.92 Å². The zero-order valence-electron chi connectivity index (χ0n) is 13.3. The van der Waals surface area contributed by atoms with Gasteiger partial charge in [-0.3, -0.25) is 9.98 Å². The summed E-state index contributed by atoms with van der Waals surface area (Å²) in [4.78, 5) is 8.55. The average molecular weight is 429 g/mol. The van der Waals surface area contributed by atoms with Gasteiger partial charge in [0.05, 0.1) is 19.3 Å². The second kappa shape index (κ2) is 11.8. The topological polar surface area (TPSA) is 63.5 Å². The molecule has 2 aromatic heterocycles. The second-order valence-corrected chi connectivity index (χ2v) is 4.65. The van der Waals surface area contributed by atoms with Gasteiger partial charge in [-0.1, -0.05) is 0 Å². The number of pyridine rings is 1. The van der Waals surface area contributed by atoms with Crippen LogP contribution in [0, 0.1) is 0 Å². The number of aromatic nitrogens is 2. The molecule has 2 heterocycles. The maximum Gasteiger partial charge on any atom is 0.191 e. The Morgan fingerprint density at radius 1 is 1.26 bits per heavy atom. The zero-order valence-corrected chi connectivity index (χ0v) is 15.6. The molecule has 7 heteroatoms. The van der Waals surface area contributed by atoms with Crippen LogP contribution in [0.5, 0.6) is 5.75 Å². The van der Waals surface area contributed by atoms with Crippen LogP contribution in [-0.2, 0) is 6.54 Å². The normalized spacial score (nSPS) is 10.7. The third-order valence-electron chi connectivity index (χ3n) is 2.94. The third-order valence-corrected chi connectivity index (χ3v) is 2.94. The minimum absolute atomic E-state index is 0. The van der Waals surface area contributed by atoms with Crippen LogP contribution < -0.4 is 15.4 Å². The van der Waals surface area contributed by atoms with Crippen LogP contribution in [0.4, 0.5) is 0 Å². The summed E-state index contributed by atoms with van der Waals surface area (Å²) in [6, 6.07) is 7.78. The molecule has 0 amide bonds. The Balaban J connectivity index is 0.00000264. The Morgan fingerprint density at radius 3 is 2.78 bits per heavy atom. The largest absolute Gasteiger partial charge is 0.490 e. The van der Waals surface area contributed by atoms with Gasteiger partial charge in [-0.05, 0) is 31.2 Å². The number of aliphatic imine (C=N–C) groups is 1. The predicted molar refractivity (Wildman–Crippen MR) is 104 cm³/mol. The Kier molecular flexibility index (Phi) is 9.85. The van der Waals surface area contributed by atoms with Crippen LogP contribution in [0.3, 0.4) is 0 Å². The maximum absolute atomic E-state index is 5.59. The van der Waals surface area contributed by atoms with Crippen molar-refractivity contribution in [3.63, 3.8) is 0 Å². The number of hydrogen-bond acceptors (Lipinski definition) is 3. The van der Waals surface area contributed by atoms with E-state index in [1.807, 2.05) is 36.7 Å². The lowest BCUT2D eigenvalue weighted by Crippen LogP contribution is -2.39. The van der Waals surface area contributed by atoms with Gasteiger partial charge in [0.2, 0.25) is 0 Å². The van der Waals surface area contributed by atoms with Crippen molar-refractivity contribution in [2.24, 2.45) is 4.99 Å². The van der Waals surface area contributed by atoms with Gasteiger partial charge < -0.3 is 19.9 Å². The van der Waals surface area contributed by atoms with Gasteiger partial charge in [-0.25, -0.2) is 0 Å². The highest BCUT2D eigenvalue weighted by Crippen LogP contribution is 2.04. The van der Waals surface area contributed by atoms with Crippen molar-refractivity contribution in [2.75, 3.05) is 26.2 Å². The minimum Gasteiger partial charge on any atom is -0.490 e. The van der Waals surface area contributed by atoms with Gasteiger partial charge in [0.1, 0.15) is 12.4 Å². The van der Waals surface area contributed by atoms with Gasteiger partial charge in [0, 0.05) is 31.7 Å². The van der Waals surface area contributed by atoms with Crippen LogP contribution in [0.2, 0.25) is 0 Å². The molecule has 0 aliphatic heterocycles. The summed E-state index contributed by atoms with van der Waals surface area (Å²) in [5.41, 5.74) is 0. The molecule has 0 aliphatic rings. The molecule has 0 saturated heterocycles. The Hall–Kier alpha value is -1.77. The first-order valence-corrected chi connectivity index (χ1v) is 7.54. The number of guanidine groups is 1. The number of nitrogens with zero attached hydrogens (tertiary/aromatic N) is 3. The van der Waals surface area contributed by atoms with Crippen LogP contribution in [0.15, 0.2) is 54.0 Å². The molecule has 6 nitrogen and oxygen atoms in total. The lowest BCUT2D eigenvalue weighted by molar-refractivity contribution is 0.320. The minimum atomic E-state index is 0. The molecule has 0 spiro atoms. The molecule has 0 saturated carbocycles. The Labute approximate surface area is 154 Å². The summed E-state index contributed by atoms with van der Waals surface area (Å²) in [6.07, 6.45) is 7.51. The predicted octanol–water partition coefficient (Wildman–Crippen LogP) is 2.14. The molecule has 0 bridgehead atoms. The van der Waals surface area contributed by atoms with Crippen LogP contribution in [0.25, 0.3) is 0 Å². The molecular formula is C16H24IN5O. The first-order chi connectivity index (χ1) is 10.9. The van der Waals surface area contributed by atoms with Gasteiger partial charge in [-0.15, -0.1) is 24.0 Å². The number of halogens is 1. The number of nitrogens with one attached hydrogen (secondary N) is 2. The highest BCUT2D eigenvalue weighted by atomic mass is 127. The van der Waals surface area contributed by atoms with E-state index in [2.05, 4.69) is 32.1 Å². The summed E-state index contributed by atoms with van der Waals surface area (Å²) in [5.74, 6) is 1.59. The fraction of sp³-hybridized carbons (Fsp3) is 0.375. The highest BCUT2D eigenvalue weighted by Gasteiger charge is 1.97. The molecule has 0 unspecified atom stereocenters. The van der Waals surface area contributed by atoms with E-state index < -0.39 is 0 Å². The fourth-order valence-electron chi connectivity index (χ4n) is 1.91. The highest BCUT2D eigenvalue weighted by molar-refractivity contribution is 14.0. The third kappa shape index (κ3) is 7.87. The van der Waals surface area contributed by atoms with Gasteiger partial charge in [0.25, 0.3) is 0 Å². The van der Waals surface area contributed by atoms with Gasteiger partial charge in [-0.2, -0.15) is 0 Å². The number of ether oxygens (including phenoxy) is 1. The van der Waals surface area contributed by atoms with E-state index in [0.29, 0.717) is 13.2 Å².